The molecule has 0 rings (SSSR count). The fourth-order valence-electron chi connectivity index (χ4n) is 0.978. The Bertz CT molecular complexity index is 248. The minimum Gasteiger partial charge on any atom is -0.392 e. The number of aliphatic hydroxyl groups excluding tert-OH is 1. The highest BCUT2D eigenvalue weighted by Crippen LogP contribution is 2.47. The number of rotatable bonds is 2. The number of alkyl halides is 6. The highest BCUT2D eigenvalue weighted by atomic mass is 19.4. The number of hydrogen-bond donors (Lipinski definition) is 2. The number of hydrogen-bond acceptors (Lipinski definition) is 2. The Balaban J connectivity index is 5.27. The SMILES string of the molecule is CC(C)(C)[C@H](O)CC(O)(C(F)(F)F)C(F)(F)F. The first-order valence-electron chi connectivity index (χ1n) is 4.67. The Hall–Kier alpha value is -0.500. The molecule has 0 aromatic heterocycles. The van der Waals surface area contributed by atoms with E-state index < -0.39 is 35.9 Å². The third-order valence-electron chi connectivity index (χ3n) is 2.43. The Morgan fingerprint density at radius 2 is 1.18 bits per heavy atom. The van der Waals surface area contributed by atoms with Gasteiger partial charge in [-0.3, -0.25) is 0 Å². The molecule has 0 aliphatic heterocycles. The average molecular weight is 268 g/mol. The highest BCUT2D eigenvalue weighted by molar-refractivity contribution is 4.97. The zero-order chi connectivity index (χ0) is 14.3. The monoisotopic (exact) mass is 268 g/mol. The molecule has 0 saturated heterocycles. The molecule has 2 N–H and O–H groups in total. The lowest BCUT2D eigenvalue weighted by molar-refractivity contribution is -0.375. The van der Waals surface area contributed by atoms with Gasteiger partial charge in [0, 0.05) is 6.42 Å². The topological polar surface area (TPSA) is 40.5 Å². The summed E-state index contributed by atoms with van der Waals surface area (Å²) in [6.07, 6.45) is -15.6. The zero-order valence-electron chi connectivity index (χ0n) is 9.45. The molecule has 0 fully saturated rings. The average Bonchev–Trinajstić information content (AvgIpc) is 1.97. The molecule has 0 aliphatic carbocycles. The summed E-state index contributed by atoms with van der Waals surface area (Å²) in [4.78, 5) is 0. The van der Waals surface area contributed by atoms with Crippen molar-refractivity contribution < 1.29 is 36.6 Å². The predicted molar refractivity (Wildman–Crippen MR) is 47.1 cm³/mol. The maximum absolute atomic E-state index is 12.3. The molecule has 0 radical (unpaired) electrons. The van der Waals surface area contributed by atoms with Gasteiger partial charge in [-0.25, -0.2) is 0 Å². The molecular formula is C9H14F6O2. The molecule has 0 unspecified atom stereocenters. The van der Waals surface area contributed by atoms with Crippen molar-refractivity contribution in [1.82, 2.24) is 0 Å². The van der Waals surface area contributed by atoms with Gasteiger partial charge in [0.1, 0.15) is 0 Å². The van der Waals surface area contributed by atoms with Crippen molar-refractivity contribution in [2.24, 2.45) is 5.41 Å². The lowest BCUT2D eigenvalue weighted by atomic mass is 9.81. The first-order valence-corrected chi connectivity index (χ1v) is 4.67. The van der Waals surface area contributed by atoms with Gasteiger partial charge >= 0.3 is 12.4 Å². The van der Waals surface area contributed by atoms with E-state index in [0.29, 0.717) is 0 Å². The van der Waals surface area contributed by atoms with Crippen LogP contribution in [0.4, 0.5) is 26.3 Å². The summed E-state index contributed by atoms with van der Waals surface area (Å²) in [5.41, 5.74) is -6.10. The van der Waals surface area contributed by atoms with Gasteiger partial charge in [-0.1, -0.05) is 20.8 Å². The van der Waals surface area contributed by atoms with Crippen molar-refractivity contribution in [2.75, 3.05) is 0 Å². The molecule has 0 amide bonds. The fourth-order valence-corrected chi connectivity index (χ4v) is 0.978. The molecule has 1 atom stereocenters. The molecular weight excluding hydrogens is 254 g/mol. The van der Waals surface area contributed by atoms with Crippen LogP contribution in [0, 0.1) is 5.41 Å². The van der Waals surface area contributed by atoms with Gasteiger partial charge in [-0.05, 0) is 5.41 Å². The molecule has 0 spiro atoms. The summed E-state index contributed by atoms with van der Waals surface area (Å²) in [5, 5.41) is 18.1. The van der Waals surface area contributed by atoms with Crippen molar-refractivity contribution in [3.05, 3.63) is 0 Å². The minimum absolute atomic E-state index is 1.20. The zero-order valence-corrected chi connectivity index (χ0v) is 9.45. The Morgan fingerprint density at radius 3 is 1.35 bits per heavy atom. The van der Waals surface area contributed by atoms with Crippen molar-refractivity contribution in [1.29, 1.82) is 0 Å². The van der Waals surface area contributed by atoms with Crippen LogP contribution in [0.15, 0.2) is 0 Å². The lowest BCUT2D eigenvalue weighted by Crippen LogP contribution is -2.59. The van der Waals surface area contributed by atoms with E-state index in [9.17, 15) is 31.4 Å². The second kappa shape index (κ2) is 4.31. The maximum atomic E-state index is 12.3. The van der Waals surface area contributed by atoms with Crippen LogP contribution in [0.25, 0.3) is 0 Å². The van der Waals surface area contributed by atoms with Gasteiger partial charge in [0.2, 0.25) is 0 Å². The standard InChI is InChI=1S/C9H14F6O2/c1-6(2,3)5(16)4-7(17,8(10,11)12)9(13,14)15/h5,16-17H,4H2,1-3H3/t5-/m1/s1. The lowest BCUT2D eigenvalue weighted by Gasteiger charge is -2.37. The molecule has 0 saturated carbocycles. The van der Waals surface area contributed by atoms with E-state index in [0.717, 1.165) is 0 Å². The second-order valence-electron chi connectivity index (χ2n) is 4.94. The first kappa shape index (κ1) is 16.5. The predicted octanol–water partition coefficient (Wildman–Crippen LogP) is 2.64. The minimum atomic E-state index is -5.89. The van der Waals surface area contributed by atoms with E-state index in [4.69, 9.17) is 5.11 Å². The van der Waals surface area contributed by atoms with Crippen molar-refractivity contribution in [3.63, 3.8) is 0 Å². The van der Waals surface area contributed by atoms with E-state index in [-0.39, 0.29) is 0 Å². The largest absolute Gasteiger partial charge is 0.426 e. The van der Waals surface area contributed by atoms with Crippen LogP contribution in [0.5, 0.6) is 0 Å². The smallest absolute Gasteiger partial charge is 0.392 e. The fraction of sp³-hybridized carbons (Fsp3) is 1.00. The van der Waals surface area contributed by atoms with Crippen LogP contribution in [-0.2, 0) is 0 Å². The van der Waals surface area contributed by atoms with Crippen LogP contribution < -0.4 is 0 Å². The molecule has 0 heterocycles. The maximum Gasteiger partial charge on any atom is 0.426 e. The van der Waals surface area contributed by atoms with E-state index in [1.54, 1.807) is 0 Å². The highest BCUT2D eigenvalue weighted by Gasteiger charge is 2.70. The van der Waals surface area contributed by atoms with E-state index >= 15 is 0 Å². The van der Waals surface area contributed by atoms with Crippen LogP contribution in [-0.4, -0.2) is 34.3 Å². The van der Waals surface area contributed by atoms with Crippen molar-refractivity contribution in [3.8, 4) is 0 Å². The quantitative estimate of drug-likeness (QED) is 0.756. The van der Waals surface area contributed by atoms with Gasteiger partial charge in [-0.15, -0.1) is 0 Å². The summed E-state index contributed by atoms with van der Waals surface area (Å²) in [7, 11) is 0. The summed E-state index contributed by atoms with van der Waals surface area (Å²) < 4.78 is 73.6. The summed E-state index contributed by atoms with van der Waals surface area (Å²) in [6.45, 7) is 3.81. The van der Waals surface area contributed by atoms with Gasteiger partial charge in [-0.2, -0.15) is 26.3 Å². The molecule has 17 heavy (non-hydrogen) atoms. The Kier molecular flexibility index (Phi) is 4.18. The van der Waals surface area contributed by atoms with Gasteiger partial charge in [0.05, 0.1) is 6.10 Å². The first-order chi connectivity index (χ1) is 7.13. The normalized spacial score (nSPS) is 17.1. The van der Waals surface area contributed by atoms with E-state index in [2.05, 4.69) is 0 Å². The van der Waals surface area contributed by atoms with Crippen LogP contribution in [0.1, 0.15) is 27.2 Å². The van der Waals surface area contributed by atoms with E-state index in [1.165, 1.54) is 20.8 Å². The second-order valence-corrected chi connectivity index (χ2v) is 4.94. The molecule has 0 aromatic rings. The van der Waals surface area contributed by atoms with Crippen LogP contribution in [0.3, 0.4) is 0 Å². The van der Waals surface area contributed by atoms with Gasteiger partial charge < -0.3 is 10.2 Å². The molecule has 0 aliphatic rings. The molecule has 0 aromatic carbocycles. The number of aliphatic hydroxyl groups is 2. The van der Waals surface area contributed by atoms with Crippen LogP contribution >= 0.6 is 0 Å². The molecule has 0 bridgehead atoms. The Labute approximate surface area is 94.2 Å². The summed E-state index contributed by atoms with van der Waals surface area (Å²) in [6, 6.07) is 0. The van der Waals surface area contributed by atoms with Crippen LogP contribution in [0.2, 0.25) is 0 Å². The third kappa shape index (κ3) is 3.48. The third-order valence-corrected chi connectivity index (χ3v) is 2.43. The summed E-state index contributed by atoms with van der Waals surface area (Å²) >= 11 is 0. The Morgan fingerprint density at radius 1 is 0.882 bits per heavy atom. The molecule has 2 nitrogen and oxygen atoms in total. The van der Waals surface area contributed by atoms with Crippen molar-refractivity contribution in [2.45, 2.75) is 51.2 Å². The van der Waals surface area contributed by atoms with E-state index in [1.807, 2.05) is 0 Å². The van der Waals surface area contributed by atoms with Gasteiger partial charge in [0.15, 0.2) is 0 Å². The molecule has 104 valence electrons. The molecule has 8 heteroatoms. The summed E-state index contributed by atoms with van der Waals surface area (Å²) in [5.74, 6) is 0. The number of halogens is 6. The van der Waals surface area contributed by atoms with Gasteiger partial charge in [0.25, 0.3) is 5.60 Å². The van der Waals surface area contributed by atoms with Crippen molar-refractivity contribution >= 4 is 0 Å².